The molecule has 0 aromatic heterocycles. The Morgan fingerprint density at radius 1 is 1.21 bits per heavy atom. The van der Waals surface area contributed by atoms with Gasteiger partial charge < -0.3 is 20.5 Å². The number of rotatable bonds is 6. The first-order chi connectivity index (χ1) is 11.6. The zero-order valence-corrected chi connectivity index (χ0v) is 13.7. The Labute approximate surface area is 141 Å². The van der Waals surface area contributed by atoms with Crippen LogP contribution in [0, 0.1) is 0 Å². The Morgan fingerprint density at radius 2 is 2.00 bits per heavy atom. The summed E-state index contributed by atoms with van der Waals surface area (Å²) in [5, 5.41) is 16.2. The molecule has 1 amide bonds. The van der Waals surface area contributed by atoms with E-state index in [1.807, 2.05) is 42.5 Å². The van der Waals surface area contributed by atoms with Crippen LogP contribution in [0.3, 0.4) is 0 Å². The average Bonchev–Trinajstić information content (AvgIpc) is 2.58. The Balaban J connectivity index is 1.73. The van der Waals surface area contributed by atoms with Gasteiger partial charge in [0.1, 0.15) is 5.75 Å². The van der Waals surface area contributed by atoms with Crippen molar-refractivity contribution in [1.29, 1.82) is 0 Å². The van der Waals surface area contributed by atoms with Gasteiger partial charge in [-0.3, -0.25) is 4.79 Å². The SMILES string of the molecule is COc1cccc(Nc2ccccc2C(=O)NCC2(O)CCC2)c1. The van der Waals surface area contributed by atoms with E-state index in [0.29, 0.717) is 17.8 Å². The Morgan fingerprint density at radius 3 is 2.71 bits per heavy atom. The topological polar surface area (TPSA) is 70.6 Å². The first-order valence-corrected chi connectivity index (χ1v) is 8.10. The lowest BCUT2D eigenvalue weighted by atomic mass is 9.80. The molecule has 1 saturated carbocycles. The van der Waals surface area contributed by atoms with Crippen LogP contribution in [0.5, 0.6) is 5.75 Å². The summed E-state index contributed by atoms with van der Waals surface area (Å²) in [6.45, 7) is 0.291. The van der Waals surface area contributed by atoms with Crippen LogP contribution in [0.15, 0.2) is 48.5 Å². The fourth-order valence-corrected chi connectivity index (χ4v) is 2.75. The van der Waals surface area contributed by atoms with Crippen molar-refractivity contribution in [3.05, 3.63) is 54.1 Å². The van der Waals surface area contributed by atoms with E-state index in [0.717, 1.165) is 30.7 Å². The van der Waals surface area contributed by atoms with Crippen molar-refractivity contribution in [3.63, 3.8) is 0 Å². The Bertz CT molecular complexity index is 726. The second kappa shape index (κ2) is 6.93. The van der Waals surface area contributed by atoms with Crippen molar-refractivity contribution in [1.82, 2.24) is 5.32 Å². The van der Waals surface area contributed by atoms with Gasteiger partial charge in [-0.25, -0.2) is 0 Å². The minimum Gasteiger partial charge on any atom is -0.497 e. The highest BCUT2D eigenvalue weighted by atomic mass is 16.5. The van der Waals surface area contributed by atoms with E-state index < -0.39 is 5.60 Å². The first-order valence-electron chi connectivity index (χ1n) is 8.10. The summed E-state index contributed by atoms with van der Waals surface area (Å²) >= 11 is 0. The van der Waals surface area contributed by atoms with Crippen LogP contribution in [0.4, 0.5) is 11.4 Å². The second-order valence-electron chi connectivity index (χ2n) is 6.16. The Hall–Kier alpha value is -2.53. The summed E-state index contributed by atoms with van der Waals surface area (Å²) in [7, 11) is 1.62. The largest absolute Gasteiger partial charge is 0.497 e. The van der Waals surface area contributed by atoms with Crippen LogP contribution in [-0.4, -0.2) is 30.3 Å². The predicted molar refractivity (Wildman–Crippen MR) is 93.9 cm³/mol. The lowest BCUT2D eigenvalue weighted by Gasteiger charge is -2.36. The number of benzene rings is 2. The van der Waals surface area contributed by atoms with Gasteiger partial charge in [-0.2, -0.15) is 0 Å². The van der Waals surface area contributed by atoms with E-state index in [-0.39, 0.29) is 5.91 Å². The maximum atomic E-state index is 12.5. The van der Waals surface area contributed by atoms with Gasteiger partial charge >= 0.3 is 0 Å². The lowest BCUT2D eigenvalue weighted by Crippen LogP contribution is -2.47. The monoisotopic (exact) mass is 326 g/mol. The van der Waals surface area contributed by atoms with Crippen molar-refractivity contribution in [3.8, 4) is 5.75 Å². The molecular formula is C19H22N2O3. The summed E-state index contributed by atoms with van der Waals surface area (Å²) in [6.07, 6.45) is 2.51. The van der Waals surface area contributed by atoms with Crippen molar-refractivity contribution >= 4 is 17.3 Å². The number of methoxy groups -OCH3 is 1. The van der Waals surface area contributed by atoms with E-state index in [9.17, 15) is 9.90 Å². The molecule has 0 heterocycles. The minimum atomic E-state index is -0.731. The highest BCUT2D eigenvalue weighted by molar-refractivity contribution is 6.00. The molecule has 0 radical (unpaired) electrons. The molecule has 0 bridgehead atoms. The summed E-state index contributed by atoms with van der Waals surface area (Å²) < 4.78 is 5.22. The van der Waals surface area contributed by atoms with Crippen molar-refractivity contribution < 1.29 is 14.6 Å². The number of amides is 1. The molecule has 1 fully saturated rings. The average molecular weight is 326 g/mol. The van der Waals surface area contributed by atoms with Crippen LogP contribution >= 0.6 is 0 Å². The molecule has 5 heteroatoms. The fraction of sp³-hybridized carbons (Fsp3) is 0.316. The first kappa shape index (κ1) is 16.3. The van der Waals surface area contributed by atoms with Crippen molar-refractivity contribution in [2.24, 2.45) is 0 Å². The number of ether oxygens (including phenoxy) is 1. The number of aliphatic hydroxyl groups is 1. The molecule has 0 unspecified atom stereocenters. The summed E-state index contributed by atoms with van der Waals surface area (Å²) in [6, 6.07) is 14.8. The minimum absolute atomic E-state index is 0.193. The molecule has 1 aliphatic rings. The zero-order valence-electron chi connectivity index (χ0n) is 13.7. The zero-order chi connectivity index (χ0) is 17.0. The number of carbonyl (C=O) groups is 1. The number of hydrogen-bond donors (Lipinski definition) is 3. The van der Waals surface area contributed by atoms with Gasteiger partial charge in [0.25, 0.3) is 5.91 Å². The quantitative estimate of drug-likeness (QED) is 0.763. The highest BCUT2D eigenvalue weighted by Crippen LogP contribution is 2.31. The normalized spacial score (nSPS) is 15.2. The van der Waals surface area contributed by atoms with Gasteiger partial charge in [0.15, 0.2) is 0 Å². The van der Waals surface area contributed by atoms with Gasteiger partial charge in [-0.05, 0) is 43.5 Å². The maximum Gasteiger partial charge on any atom is 0.253 e. The van der Waals surface area contributed by atoms with Crippen LogP contribution in [-0.2, 0) is 0 Å². The van der Waals surface area contributed by atoms with Crippen LogP contribution in [0.25, 0.3) is 0 Å². The molecular weight excluding hydrogens is 304 g/mol. The van der Waals surface area contributed by atoms with E-state index in [4.69, 9.17) is 4.74 Å². The van der Waals surface area contributed by atoms with E-state index in [2.05, 4.69) is 10.6 Å². The van der Waals surface area contributed by atoms with E-state index >= 15 is 0 Å². The number of hydrogen-bond acceptors (Lipinski definition) is 4. The third-order valence-electron chi connectivity index (χ3n) is 4.38. The van der Waals surface area contributed by atoms with Crippen molar-refractivity contribution in [2.45, 2.75) is 24.9 Å². The van der Waals surface area contributed by atoms with Gasteiger partial charge in [0.2, 0.25) is 0 Å². The summed E-state index contributed by atoms with van der Waals surface area (Å²) in [5.41, 5.74) is 1.37. The third-order valence-corrected chi connectivity index (χ3v) is 4.38. The Kier molecular flexibility index (Phi) is 4.71. The molecule has 5 nitrogen and oxygen atoms in total. The van der Waals surface area contributed by atoms with Gasteiger partial charge in [0, 0.05) is 18.3 Å². The molecule has 0 spiro atoms. The molecule has 0 atom stereocenters. The molecule has 126 valence electrons. The predicted octanol–water partition coefficient (Wildman–Crippen LogP) is 3.08. The summed E-state index contributed by atoms with van der Waals surface area (Å²) in [4.78, 5) is 12.5. The number of nitrogens with one attached hydrogen (secondary N) is 2. The maximum absolute atomic E-state index is 12.5. The summed E-state index contributed by atoms with van der Waals surface area (Å²) in [5.74, 6) is 0.551. The molecule has 24 heavy (non-hydrogen) atoms. The fourth-order valence-electron chi connectivity index (χ4n) is 2.75. The van der Waals surface area contributed by atoms with Crippen molar-refractivity contribution in [2.75, 3.05) is 19.0 Å². The van der Waals surface area contributed by atoms with Gasteiger partial charge in [0.05, 0.1) is 24.0 Å². The second-order valence-corrected chi connectivity index (χ2v) is 6.16. The van der Waals surface area contributed by atoms with E-state index in [1.54, 1.807) is 13.2 Å². The molecule has 0 saturated heterocycles. The molecule has 2 aromatic carbocycles. The number of carbonyl (C=O) groups excluding carboxylic acids is 1. The molecule has 3 rings (SSSR count). The van der Waals surface area contributed by atoms with Gasteiger partial charge in [-0.1, -0.05) is 18.2 Å². The lowest BCUT2D eigenvalue weighted by molar-refractivity contribution is -0.0300. The number of para-hydroxylation sites is 1. The van der Waals surface area contributed by atoms with Gasteiger partial charge in [-0.15, -0.1) is 0 Å². The third kappa shape index (κ3) is 3.68. The molecule has 1 aliphatic carbocycles. The smallest absolute Gasteiger partial charge is 0.253 e. The molecule has 3 N–H and O–H groups in total. The molecule has 0 aliphatic heterocycles. The van der Waals surface area contributed by atoms with Crippen LogP contribution in [0.2, 0.25) is 0 Å². The highest BCUT2D eigenvalue weighted by Gasteiger charge is 2.34. The number of anilines is 2. The van der Waals surface area contributed by atoms with Crippen LogP contribution in [0.1, 0.15) is 29.6 Å². The standard InChI is InChI=1S/C19H22N2O3/c1-24-15-7-4-6-14(12-15)21-17-9-3-2-8-16(17)18(22)20-13-19(23)10-5-11-19/h2-4,6-9,12,21,23H,5,10-11,13H2,1H3,(H,20,22). The van der Waals surface area contributed by atoms with Crippen LogP contribution < -0.4 is 15.4 Å². The van der Waals surface area contributed by atoms with E-state index in [1.165, 1.54) is 0 Å². The molecule has 2 aromatic rings.